The number of hydrogen-bond donors (Lipinski definition) is 3. The first-order chi connectivity index (χ1) is 17.0. The maximum absolute atomic E-state index is 12.6. The van der Waals surface area contributed by atoms with Gasteiger partial charge in [0.25, 0.3) is 5.91 Å². The monoisotopic (exact) mass is 490 g/mol. The predicted octanol–water partition coefficient (Wildman–Crippen LogP) is 4.60. The van der Waals surface area contributed by atoms with Crippen LogP contribution in [0.15, 0.2) is 49.1 Å². The lowest BCUT2D eigenvalue weighted by Gasteiger charge is -2.15. The van der Waals surface area contributed by atoms with E-state index in [0.717, 1.165) is 58.5 Å². The second-order valence-corrected chi connectivity index (χ2v) is 9.78. The normalized spacial score (nSPS) is 11.9. The number of unbranched alkanes of at least 4 members (excludes halogenated alkanes) is 2. The van der Waals surface area contributed by atoms with E-state index < -0.39 is 0 Å². The summed E-state index contributed by atoms with van der Waals surface area (Å²) in [6.45, 7) is 2.36. The van der Waals surface area contributed by atoms with Crippen LogP contribution < -0.4 is 10.6 Å². The first-order valence-corrected chi connectivity index (χ1v) is 12.7. The number of nitrogens with zero attached hydrogens (tertiary/aromatic N) is 3. The van der Waals surface area contributed by atoms with Crippen LogP contribution in [0.3, 0.4) is 0 Å². The molecule has 182 valence electrons. The summed E-state index contributed by atoms with van der Waals surface area (Å²) in [6.07, 6.45) is 11.2. The second-order valence-electron chi connectivity index (χ2n) is 8.54. The number of imidazole rings is 1. The number of amides is 2. The molecule has 0 fully saturated rings. The summed E-state index contributed by atoms with van der Waals surface area (Å²) in [7, 11) is 1.66. The lowest BCUT2D eigenvalue weighted by molar-refractivity contribution is -0.120. The molecule has 1 aromatic carbocycles. The third-order valence-corrected chi connectivity index (χ3v) is 6.93. The molecule has 9 heteroatoms. The molecule has 0 saturated heterocycles. The van der Waals surface area contributed by atoms with Gasteiger partial charge in [-0.05, 0) is 37.3 Å². The molecule has 0 saturated carbocycles. The summed E-state index contributed by atoms with van der Waals surface area (Å²) < 4.78 is 0. The third kappa shape index (κ3) is 6.51. The van der Waals surface area contributed by atoms with Crippen molar-refractivity contribution in [3.05, 3.63) is 64.8 Å². The molecule has 0 aliphatic heterocycles. The summed E-state index contributed by atoms with van der Waals surface area (Å²) in [6, 6.07) is 8.24. The minimum Gasteiger partial charge on any atom is -0.359 e. The van der Waals surface area contributed by atoms with E-state index >= 15 is 0 Å². The number of aromatic nitrogens is 4. The standard InChI is InChI=1S/C26H30N6O2S/c1-17-29-16-23(35-17)26(34)31-14-20(6-4-3-5-7-24(33)27-2)25-30-15-22(32-25)19-9-8-18-10-11-28-13-21(18)12-19/h8-13,15-16,20H,3-7,14H2,1-2H3,(H,27,33)(H,30,32)(H,31,34). The van der Waals surface area contributed by atoms with Gasteiger partial charge in [-0.1, -0.05) is 25.0 Å². The largest absolute Gasteiger partial charge is 0.359 e. The average Bonchev–Trinajstić information content (AvgIpc) is 3.54. The van der Waals surface area contributed by atoms with Crippen molar-refractivity contribution in [1.82, 2.24) is 30.6 Å². The number of rotatable bonds is 11. The van der Waals surface area contributed by atoms with Gasteiger partial charge in [0.05, 0.1) is 23.1 Å². The van der Waals surface area contributed by atoms with Crippen LogP contribution in [-0.2, 0) is 4.79 Å². The Kier molecular flexibility index (Phi) is 8.20. The number of aromatic amines is 1. The fourth-order valence-corrected chi connectivity index (χ4v) is 4.72. The van der Waals surface area contributed by atoms with E-state index in [0.29, 0.717) is 17.8 Å². The van der Waals surface area contributed by atoms with Crippen molar-refractivity contribution in [2.24, 2.45) is 0 Å². The van der Waals surface area contributed by atoms with Crippen molar-refractivity contribution in [1.29, 1.82) is 0 Å². The fraction of sp³-hybridized carbons (Fsp3) is 0.346. The molecule has 1 unspecified atom stereocenters. The van der Waals surface area contributed by atoms with Crippen molar-refractivity contribution < 1.29 is 9.59 Å². The fourth-order valence-electron chi connectivity index (χ4n) is 4.03. The highest BCUT2D eigenvalue weighted by molar-refractivity contribution is 7.13. The molecule has 3 heterocycles. The first-order valence-electron chi connectivity index (χ1n) is 11.8. The van der Waals surface area contributed by atoms with Gasteiger partial charge in [-0.15, -0.1) is 11.3 Å². The molecule has 0 aliphatic carbocycles. The zero-order valence-electron chi connectivity index (χ0n) is 20.0. The number of fused-ring (bicyclic) bond motifs is 1. The Balaban J connectivity index is 1.45. The van der Waals surface area contributed by atoms with Crippen molar-refractivity contribution in [3.8, 4) is 11.3 Å². The molecular formula is C26H30N6O2S. The van der Waals surface area contributed by atoms with Gasteiger partial charge in [-0.3, -0.25) is 14.6 Å². The highest BCUT2D eigenvalue weighted by Gasteiger charge is 2.18. The summed E-state index contributed by atoms with van der Waals surface area (Å²) in [5.41, 5.74) is 1.97. The van der Waals surface area contributed by atoms with Gasteiger partial charge in [-0.2, -0.15) is 0 Å². The minimum absolute atomic E-state index is 0.0313. The quantitative estimate of drug-likeness (QED) is 0.266. The number of aryl methyl sites for hydroxylation is 1. The van der Waals surface area contributed by atoms with Crippen LogP contribution in [0.5, 0.6) is 0 Å². The van der Waals surface area contributed by atoms with Gasteiger partial charge in [0, 0.05) is 49.3 Å². The molecule has 0 radical (unpaired) electrons. The molecule has 0 spiro atoms. The van der Waals surface area contributed by atoms with Gasteiger partial charge in [0.15, 0.2) is 0 Å². The number of pyridine rings is 1. The van der Waals surface area contributed by atoms with Gasteiger partial charge < -0.3 is 15.6 Å². The number of carbonyl (C=O) groups excluding carboxylic acids is 2. The van der Waals surface area contributed by atoms with Crippen molar-refractivity contribution in [2.45, 2.75) is 44.9 Å². The van der Waals surface area contributed by atoms with Crippen molar-refractivity contribution in [2.75, 3.05) is 13.6 Å². The van der Waals surface area contributed by atoms with Crippen LogP contribution in [-0.4, -0.2) is 45.3 Å². The van der Waals surface area contributed by atoms with Gasteiger partial charge in [0.2, 0.25) is 5.91 Å². The Labute approximate surface area is 208 Å². The average molecular weight is 491 g/mol. The van der Waals surface area contributed by atoms with Crippen LogP contribution in [0.1, 0.15) is 58.5 Å². The minimum atomic E-state index is -0.117. The maximum atomic E-state index is 12.6. The number of benzene rings is 1. The van der Waals surface area contributed by atoms with Crippen LogP contribution in [0, 0.1) is 6.92 Å². The topological polar surface area (TPSA) is 113 Å². The zero-order valence-corrected chi connectivity index (χ0v) is 20.8. The van der Waals surface area contributed by atoms with E-state index in [1.54, 1.807) is 19.4 Å². The number of nitrogens with one attached hydrogen (secondary N) is 3. The van der Waals surface area contributed by atoms with E-state index in [4.69, 9.17) is 0 Å². The molecule has 2 amide bonds. The molecule has 8 nitrogen and oxygen atoms in total. The molecule has 3 aromatic heterocycles. The zero-order chi connectivity index (χ0) is 24.6. The Morgan fingerprint density at radius 2 is 1.94 bits per heavy atom. The number of hydrogen-bond acceptors (Lipinski definition) is 6. The Morgan fingerprint density at radius 3 is 2.74 bits per heavy atom. The Bertz CT molecular complexity index is 1300. The van der Waals surface area contributed by atoms with E-state index in [-0.39, 0.29) is 17.7 Å². The number of thiazole rings is 1. The van der Waals surface area contributed by atoms with Crippen LogP contribution in [0.2, 0.25) is 0 Å². The van der Waals surface area contributed by atoms with Crippen LogP contribution in [0.25, 0.3) is 22.0 Å². The van der Waals surface area contributed by atoms with Gasteiger partial charge in [-0.25, -0.2) is 9.97 Å². The highest BCUT2D eigenvalue weighted by atomic mass is 32.1. The van der Waals surface area contributed by atoms with E-state index in [2.05, 4.69) is 48.8 Å². The molecular weight excluding hydrogens is 460 g/mol. The highest BCUT2D eigenvalue weighted by Crippen LogP contribution is 2.26. The summed E-state index contributed by atoms with van der Waals surface area (Å²) in [5, 5.41) is 8.79. The van der Waals surface area contributed by atoms with Crippen LogP contribution in [0.4, 0.5) is 0 Å². The van der Waals surface area contributed by atoms with Crippen molar-refractivity contribution >= 4 is 33.9 Å². The lowest BCUT2D eigenvalue weighted by atomic mass is 9.99. The second kappa shape index (κ2) is 11.7. The van der Waals surface area contributed by atoms with E-state index in [1.807, 2.05) is 25.4 Å². The van der Waals surface area contributed by atoms with Gasteiger partial charge >= 0.3 is 0 Å². The van der Waals surface area contributed by atoms with E-state index in [9.17, 15) is 9.59 Å². The number of H-pyrrole nitrogens is 1. The Hall–Kier alpha value is -3.59. The smallest absolute Gasteiger partial charge is 0.263 e. The summed E-state index contributed by atoms with van der Waals surface area (Å²) in [4.78, 5) is 41.2. The van der Waals surface area contributed by atoms with Crippen molar-refractivity contribution in [3.63, 3.8) is 0 Å². The SMILES string of the molecule is CNC(=O)CCCCCC(CNC(=O)c1cnc(C)s1)c1ncc(-c2ccc3ccncc3c2)[nH]1. The molecule has 35 heavy (non-hydrogen) atoms. The molecule has 4 rings (SSSR count). The molecule has 4 aromatic rings. The maximum Gasteiger partial charge on any atom is 0.263 e. The first kappa shape index (κ1) is 24.5. The molecule has 0 aliphatic rings. The number of carbonyl (C=O) groups is 2. The van der Waals surface area contributed by atoms with E-state index in [1.165, 1.54) is 11.3 Å². The van der Waals surface area contributed by atoms with Gasteiger partial charge in [0.1, 0.15) is 10.7 Å². The summed E-state index contributed by atoms with van der Waals surface area (Å²) in [5.74, 6) is 0.825. The predicted molar refractivity (Wildman–Crippen MR) is 138 cm³/mol. The third-order valence-electron chi connectivity index (χ3n) is 6.02. The lowest BCUT2D eigenvalue weighted by Crippen LogP contribution is -2.28. The summed E-state index contributed by atoms with van der Waals surface area (Å²) >= 11 is 1.39. The molecule has 0 bridgehead atoms. The molecule has 3 N–H and O–H groups in total. The molecule has 1 atom stereocenters. The Morgan fingerprint density at radius 1 is 1.06 bits per heavy atom. The van der Waals surface area contributed by atoms with Crippen LogP contribution >= 0.6 is 11.3 Å².